The molecule has 9 heteroatoms. The lowest BCUT2D eigenvalue weighted by atomic mass is 9.90. The van der Waals surface area contributed by atoms with Gasteiger partial charge < -0.3 is 14.7 Å². The van der Waals surface area contributed by atoms with Crippen LogP contribution in [0, 0.1) is 35.9 Å². The number of hydrogen-bond donors (Lipinski definition) is 1. The van der Waals surface area contributed by atoms with Crippen molar-refractivity contribution < 1.29 is 9.00 Å². The fourth-order valence-electron chi connectivity index (χ4n) is 6.05. The van der Waals surface area contributed by atoms with E-state index in [1.165, 1.54) is 6.26 Å². The number of carbonyl (C=O) groups is 1. The highest BCUT2D eigenvalue weighted by atomic mass is 32.2. The first-order chi connectivity index (χ1) is 19.7. The highest BCUT2D eigenvalue weighted by Crippen LogP contribution is 2.29. The Morgan fingerprint density at radius 1 is 0.951 bits per heavy atom. The third-order valence-corrected chi connectivity index (χ3v) is 9.55. The van der Waals surface area contributed by atoms with E-state index in [1.54, 1.807) is 6.07 Å². The molecule has 0 spiro atoms. The number of rotatable bonds is 6. The van der Waals surface area contributed by atoms with E-state index >= 15 is 0 Å². The average molecular weight is 571 g/mol. The topological polar surface area (TPSA) is 104 Å². The second kappa shape index (κ2) is 11.9. The van der Waals surface area contributed by atoms with Gasteiger partial charge in [-0.2, -0.15) is 5.26 Å². The summed E-state index contributed by atoms with van der Waals surface area (Å²) in [6, 6.07) is 19.6. The zero-order valence-electron chi connectivity index (χ0n) is 24.1. The minimum Gasteiger partial charge on any atom is -0.370 e. The Labute approximate surface area is 243 Å². The van der Waals surface area contributed by atoms with Crippen molar-refractivity contribution in [2.75, 3.05) is 55.3 Å². The van der Waals surface area contributed by atoms with Crippen molar-refractivity contribution in [3.05, 3.63) is 82.7 Å². The second-order valence-electron chi connectivity index (χ2n) is 11.3. The van der Waals surface area contributed by atoms with Gasteiger partial charge in [0.25, 0.3) is 5.91 Å². The van der Waals surface area contributed by atoms with Gasteiger partial charge in [0.15, 0.2) is 0 Å². The number of nitrogens with zero attached hydrogens (tertiary/aromatic N) is 5. The number of nitrogens with one attached hydrogen (secondary N) is 1. The Morgan fingerprint density at radius 2 is 1.56 bits per heavy atom. The normalized spacial score (nSPS) is 17.7. The molecule has 2 aliphatic heterocycles. The largest absolute Gasteiger partial charge is 0.370 e. The van der Waals surface area contributed by atoms with Crippen molar-refractivity contribution in [3.63, 3.8) is 0 Å². The number of benzene rings is 2. The predicted molar refractivity (Wildman–Crippen MR) is 163 cm³/mol. The Hall–Kier alpha value is -3.90. The van der Waals surface area contributed by atoms with Gasteiger partial charge in [-0.15, -0.1) is 0 Å². The van der Waals surface area contributed by atoms with Crippen LogP contribution in [0.25, 0.3) is 0 Å². The fraction of sp³-hybridized carbons (Fsp3) is 0.406. The van der Waals surface area contributed by atoms with E-state index in [2.05, 4.69) is 28.9 Å². The minimum absolute atomic E-state index is 0.0422. The maximum absolute atomic E-state index is 13.6. The van der Waals surface area contributed by atoms with Crippen LogP contribution in [0.5, 0.6) is 0 Å². The first kappa shape index (κ1) is 28.6. The number of carbonyl (C=O) groups excluding carboxylic acids is 1. The Kier molecular flexibility index (Phi) is 8.32. The molecule has 41 heavy (non-hydrogen) atoms. The molecule has 0 bridgehead atoms. The number of nitriles is 1. The van der Waals surface area contributed by atoms with Gasteiger partial charge in [0.2, 0.25) is 0 Å². The van der Waals surface area contributed by atoms with Gasteiger partial charge in [0.05, 0.1) is 31.6 Å². The molecule has 1 atom stereocenters. The van der Waals surface area contributed by atoms with Crippen LogP contribution in [0.2, 0.25) is 0 Å². The highest BCUT2D eigenvalue weighted by molar-refractivity contribution is 7.91. The van der Waals surface area contributed by atoms with Crippen molar-refractivity contribution in [2.24, 2.45) is 5.92 Å². The second-order valence-corrected chi connectivity index (χ2v) is 13.4. The smallest absolute Gasteiger partial charge is 0.272 e. The summed E-state index contributed by atoms with van der Waals surface area (Å²) < 4.78 is 20.6. The molecular formula is C32H38N6O2S. The zero-order chi connectivity index (χ0) is 29.1. The number of para-hydroxylation sites is 2. The maximum atomic E-state index is 13.6. The molecule has 2 fully saturated rings. The molecule has 3 aromatic rings. The van der Waals surface area contributed by atoms with Gasteiger partial charge in [-0.25, -0.2) is 14.0 Å². The highest BCUT2D eigenvalue weighted by Gasteiger charge is 2.28. The zero-order valence-corrected chi connectivity index (χ0v) is 24.9. The summed E-state index contributed by atoms with van der Waals surface area (Å²) in [5.74, 6) is 0.436. The molecule has 2 aromatic carbocycles. The van der Waals surface area contributed by atoms with E-state index in [0.717, 1.165) is 66.1 Å². The number of pyridine rings is 1. The molecule has 1 amide bonds. The third-order valence-electron chi connectivity index (χ3n) is 8.37. The summed E-state index contributed by atoms with van der Waals surface area (Å²) in [4.78, 5) is 25.4. The maximum Gasteiger partial charge on any atom is 0.272 e. The molecule has 1 aromatic heterocycles. The standard InChI is InChI=1S/C32H38N6O2S/c1-23-20-24(2)31(32(39)38-18-16-37(17-19-38)29-10-6-7-11-30(29)41(3,34)40)35-27(23)21-25-12-14-36(15-13-25)28-9-5-4-8-26(28)22-33/h4-11,20,25,34H,12-19,21H2,1-3H3/t41-/m1/s1. The average Bonchev–Trinajstić information content (AvgIpc) is 2.98. The lowest BCUT2D eigenvalue weighted by Gasteiger charge is -2.37. The number of hydrogen-bond acceptors (Lipinski definition) is 7. The van der Waals surface area contributed by atoms with Crippen LogP contribution in [0.1, 0.15) is 45.7 Å². The molecule has 0 unspecified atom stereocenters. The molecule has 0 saturated carbocycles. The minimum atomic E-state index is -2.85. The molecule has 2 aliphatic rings. The SMILES string of the molecule is Cc1cc(C)c(C(=O)N2CCN(c3ccccc3[S@](C)(=N)=O)CC2)nc1CC1CCN(c2ccccc2C#N)CC1. The van der Waals surface area contributed by atoms with Crippen LogP contribution in [-0.2, 0) is 16.1 Å². The molecule has 0 radical (unpaired) electrons. The van der Waals surface area contributed by atoms with Crippen molar-refractivity contribution >= 4 is 27.0 Å². The van der Waals surface area contributed by atoms with E-state index in [4.69, 9.17) is 9.76 Å². The number of anilines is 2. The fourth-order valence-corrected chi connectivity index (χ4v) is 6.99. The van der Waals surface area contributed by atoms with E-state index in [1.807, 2.05) is 54.3 Å². The van der Waals surface area contributed by atoms with Crippen LogP contribution in [0.4, 0.5) is 11.4 Å². The van der Waals surface area contributed by atoms with Crippen LogP contribution in [0.3, 0.4) is 0 Å². The summed E-state index contributed by atoms with van der Waals surface area (Å²) in [5, 5.41) is 9.48. The van der Waals surface area contributed by atoms with Gasteiger partial charge in [0, 0.05) is 51.2 Å². The van der Waals surface area contributed by atoms with E-state index in [9.17, 15) is 14.3 Å². The van der Waals surface area contributed by atoms with Crippen molar-refractivity contribution in [1.82, 2.24) is 9.88 Å². The van der Waals surface area contributed by atoms with E-state index in [0.29, 0.717) is 42.7 Å². The number of piperazine rings is 1. The lowest BCUT2D eigenvalue weighted by molar-refractivity contribution is 0.0739. The van der Waals surface area contributed by atoms with Crippen molar-refractivity contribution in [3.8, 4) is 6.07 Å². The molecule has 3 heterocycles. The molecule has 0 aliphatic carbocycles. The van der Waals surface area contributed by atoms with Crippen molar-refractivity contribution in [1.29, 1.82) is 10.0 Å². The summed E-state index contributed by atoms with van der Waals surface area (Å²) in [6.45, 7) is 8.16. The van der Waals surface area contributed by atoms with Gasteiger partial charge in [-0.05, 0) is 74.4 Å². The van der Waals surface area contributed by atoms with E-state index in [-0.39, 0.29) is 5.91 Å². The van der Waals surface area contributed by atoms with Gasteiger partial charge in [-0.1, -0.05) is 30.3 Å². The first-order valence-corrected chi connectivity index (χ1v) is 16.2. The Morgan fingerprint density at radius 3 is 2.22 bits per heavy atom. The van der Waals surface area contributed by atoms with Crippen LogP contribution >= 0.6 is 0 Å². The number of aryl methyl sites for hydroxylation is 2. The lowest BCUT2D eigenvalue weighted by Crippen LogP contribution is -2.49. The first-order valence-electron chi connectivity index (χ1n) is 14.2. The van der Waals surface area contributed by atoms with Gasteiger partial charge in [0.1, 0.15) is 11.8 Å². The van der Waals surface area contributed by atoms with Crippen LogP contribution in [0.15, 0.2) is 59.5 Å². The quantitative estimate of drug-likeness (QED) is 0.446. The third kappa shape index (κ3) is 6.23. The van der Waals surface area contributed by atoms with Gasteiger partial charge >= 0.3 is 0 Å². The Bertz CT molecular complexity index is 1580. The number of piperidine rings is 1. The summed E-state index contributed by atoms with van der Waals surface area (Å²) in [7, 11) is -2.85. The number of aromatic nitrogens is 1. The number of amides is 1. The summed E-state index contributed by atoms with van der Waals surface area (Å²) in [5.41, 5.74) is 6.09. The molecular weight excluding hydrogens is 532 g/mol. The van der Waals surface area contributed by atoms with Crippen molar-refractivity contribution in [2.45, 2.75) is 38.0 Å². The predicted octanol–water partition coefficient (Wildman–Crippen LogP) is 5.03. The molecule has 8 nitrogen and oxygen atoms in total. The van der Waals surface area contributed by atoms with E-state index < -0.39 is 9.73 Å². The molecule has 1 N–H and O–H groups in total. The summed E-state index contributed by atoms with van der Waals surface area (Å²) in [6.07, 6.45) is 4.33. The van der Waals surface area contributed by atoms with Crippen LogP contribution in [-0.4, -0.2) is 65.5 Å². The summed E-state index contributed by atoms with van der Waals surface area (Å²) >= 11 is 0. The van der Waals surface area contributed by atoms with Gasteiger partial charge in [-0.3, -0.25) is 4.79 Å². The van der Waals surface area contributed by atoms with Crippen LogP contribution < -0.4 is 9.80 Å². The Balaban J connectivity index is 1.24. The molecule has 5 rings (SSSR count). The monoisotopic (exact) mass is 570 g/mol. The molecule has 2 saturated heterocycles. The molecule has 214 valence electrons.